The van der Waals surface area contributed by atoms with Crippen molar-refractivity contribution in [3.63, 3.8) is 0 Å². The number of ether oxygens (including phenoxy) is 3. The first-order chi connectivity index (χ1) is 37.0. The topological polar surface area (TPSA) is 78.9 Å². The Bertz CT molecular complexity index is 1340. The van der Waals surface area contributed by atoms with E-state index in [9.17, 15) is 14.4 Å². The van der Waals surface area contributed by atoms with Crippen LogP contribution in [0.25, 0.3) is 0 Å². The Morgan fingerprint density at radius 2 is 0.480 bits per heavy atom. The molecule has 0 rings (SSSR count). The van der Waals surface area contributed by atoms with Gasteiger partial charge in [0.2, 0.25) is 0 Å². The van der Waals surface area contributed by atoms with Crippen LogP contribution in [0.5, 0.6) is 0 Å². The summed E-state index contributed by atoms with van der Waals surface area (Å²) in [7, 11) is 0. The number of hydrogen-bond donors (Lipinski definition) is 0. The van der Waals surface area contributed by atoms with E-state index in [2.05, 4.69) is 81.5 Å². The first-order valence-corrected chi connectivity index (χ1v) is 32.8. The molecule has 0 heterocycles. The van der Waals surface area contributed by atoms with E-state index in [1.807, 2.05) is 0 Å². The van der Waals surface area contributed by atoms with Gasteiger partial charge in [0.1, 0.15) is 13.2 Å². The van der Waals surface area contributed by atoms with E-state index in [0.29, 0.717) is 19.3 Å². The first-order valence-electron chi connectivity index (χ1n) is 32.8. The number of esters is 3. The van der Waals surface area contributed by atoms with Crippen LogP contribution < -0.4 is 0 Å². The largest absolute Gasteiger partial charge is 0.462 e. The highest BCUT2D eigenvalue weighted by Crippen LogP contribution is 2.17. The number of unbranched alkanes of at least 4 members (excludes halogenated alkanes) is 39. The predicted molar refractivity (Wildman–Crippen MR) is 325 cm³/mol. The van der Waals surface area contributed by atoms with Gasteiger partial charge in [-0.05, 0) is 89.9 Å². The Hall–Kier alpha value is -2.89. The summed E-state index contributed by atoms with van der Waals surface area (Å²) in [4.78, 5) is 38.2. The highest BCUT2D eigenvalue weighted by atomic mass is 16.6. The van der Waals surface area contributed by atoms with Gasteiger partial charge < -0.3 is 14.2 Å². The van der Waals surface area contributed by atoms with Gasteiger partial charge in [0.05, 0.1) is 0 Å². The van der Waals surface area contributed by atoms with Crippen LogP contribution in [-0.4, -0.2) is 37.2 Å². The van der Waals surface area contributed by atoms with Crippen LogP contribution in [0.1, 0.15) is 342 Å². The lowest BCUT2D eigenvalue weighted by Gasteiger charge is -2.18. The average Bonchev–Trinajstić information content (AvgIpc) is 3.41. The molecule has 0 aliphatic rings. The van der Waals surface area contributed by atoms with Crippen molar-refractivity contribution < 1.29 is 28.6 Å². The second kappa shape index (κ2) is 63.6. The molecule has 0 saturated carbocycles. The summed E-state index contributed by atoms with van der Waals surface area (Å²) < 4.78 is 16.9. The summed E-state index contributed by atoms with van der Waals surface area (Å²) in [5.41, 5.74) is 0. The van der Waals surface area contributed by atoms with Gasteiger partial charge in [0.25, 0.3) is 0 Å². The maximum absolute atomic E-state index is 12.9. The molecule has 0 aliphatic heterocycles. The second-order valence-electron chi connectivity index (χ2n) is 22.0. The fraction of sp³-hybridized carbons (Fsp3) is 0.812. The fourth-order valence-corrected chi connectivity index (χ4v) is 9.54. The van der Waals surface area contributed by atoms with E-state index in [-0.39, 0.29) is 31.1 Å². The lowest BCUT2D eigenvalue weighted by molar-refractivity contribution is -0.167. The van der Waals surface area contributed by atoms with Crippen LogP contribution in [0.4, 0.5) is 0 Å². The maximum Gasteiger partial charge on any atom is 0.306 e. The number of rotatable bonds is 60. The molecule has 0 bridgehead atoms. The molecular weight excluding hydrogens is 925 g/mol. The zero-order valence-electron chi connectivity index (χ0n) is 50.1. The number of hydrogen-bond acceptors (Lipinski definition) is 6. The lowest BCUT2D eigenvalue weighted by Crippen LogP contribution is -2.30. The third kappa shape index (κ3) is 61.8. The smallest absolute Gasteiger partial charge is 0.306 e. The highest BCUT2D eigenvalue weighted by Gasteiger charge is 2.19. The first kappa shape index (κ1) is 72.1. The summed E-state index contributed by atoms with van der Waals surface area (Å²) in [6.07, 6.45) is 81.0. The van der Waals surface area contributed by atoms with Gasteiger partial charge in [-0.1, -0.05) is 293 Å². The van der Waals surface area contributed by atoms with Crippen molar-refractivity contribution >= 4 is 17.9 Å². The van der Waals surface area contributed by atoms with Crippen LogP contribution in [0.15, 0.2) is 60.8 Å². The summed E-state index contributed by atoms with van der Waals surface area (Å²) in [5, 5.41) is 0. The van der Waals surface area contributed by atoms with E-state index >= 15 is 0 Å². The van der Waals surface area contributed by atoms with Crippen molar-refractivity contribution in [2.75, 3.05) is 13.2 Å². The quantitative estimate of drug-likeness (QED) is 0.0261. The third-order valence-electron chi connectivity index (χ3n) is 14.5. The van der Waals surface area contributed by atoms with Crippen LogP contribution in [-0.2, 0) is 28.6 Å². The molecule has 1 atom stereocenters. The minimum Gasteiger partial charge on any atom is -0.462 e. The fourth-order valence-electron chi connectivity index (χ4n) is 9.54. The van der Waals surface area contributed by atoms with Gasteiger partial charge >= 0.3 is 17.9 Å². The molecule has 0 saturated heterocycles. The molecule has 0 radical (unpaired) electrons. The molecule has 6 heteroatoms. The van der Waals surface area contributed by atoms with E-state index in [4.69, 9.17) is 14.2 Å². The number of carbonyl (C=O) groups excluding carboxylic acids is 3. The summed E-state index contributed by atoms with van der Waals surface area (Å²) in [5.74, 6) is -0.874. The zero-order valence-corrected chi connectivity index (χ0v) is 50.1. The van der Waals surface area contributed by atoms with Crippen molar-refractivity contribution in [3.8, 4) is 0 Å². The minimum absolute atomic E-state index is 0.0759. The Labute approximate surface area is 466 Å². The maximum atomic E-state index is 12.9. The molecule has 0 aliphatic carbocycles. The molecule has 0 aromatic heterocycles. The molecule has 0 N–H and O–H groups in total. The Morgan fingerprint density at radius 3 is 0.773 bits per heavy atom. The van der Waals surface area contributed by atoms with Crippen molar-refractivity contribution in [2.24, 2.45) is 0 Å². The van der Waals surface area contributed by atoms with Crippen LogP contribution in [0, 0.1) is 0 Å². The predicted octanol–water partition coefficient (Wildman–Crippen LogP) is 22.3. The molecule has 0 aromatic rings. The summed E-state index contributed by atoms with van der Waals surface area (Å²) in [6, 6.07) is 0. The highest BCUT2D eigenvalue weighted by molar-refractivity contribution is 5.71. The van der Waals surface area contributed by atoms with Gasteiger partial charge in [-0.2, -0.15) is 0 Å². The third-order valence-corrected chi connectivity index (χ3v) is 14.5. The van der Waals surface area contributed by atoms with Gasteiger partial charge in [-0.3, -0.25) is 14.4 Å². The monoisotopic (exact) mass is 1050 g/mol. The normalized spacial score (nSPS) is 12.4. The Balaban J connectivity index is 4.14. The number of carbonyl (C=O) groups is 3. The molecule has 0 spiro atoms. The van der Waals surface area contributed by atoms with Crippen molar-refractivity contribution in [3.05, 3.63) is 60.8 Å². The molecule has 0 fully saturated rings. The van der Waals surface area contributed by atoms with Crippen LogP contribution in [0.2, 0.25) is 0 Å². The molecule has 0 amide bonds. The number of allylic oxidation sites excluding steroid dienone is 10. The van der Waals surface area contributed by atoms with Crippen LogP contribution in [0.3, 0.4) is 0 Å². The SMILES string of the molecule is CCCCC/C=C\C/C=C\C/C=C\CCCCCCCCC(=O)OC(COC(=O)CCCCCCCCCCC)COC(=O)CCCCCCCCCCCCCCCCCCC/C=C\C/C=C\CCCCCCC. The minimum atomic E-state index is -0.778. The van der Waals surface area contributed by atoms with Crippen molar-refractivity contribution in [2.45, 2.75) is 348 Å². The molecule has 75 heavy (non-hydrogen) atoms. The van der Waals surface area contributed by atoms with Gasteiger partial charge in [0.15, 0.2) is 6.10 Å². The molecule has 1 unspecified atom stereocenters. The lowest BCUT2D eigenvalue weighted by atomic mass is 10.0. The van der Waals surface area contributed by atoms with Crippen molar-refractivity contribution in [1.82, 2.24) is 0 Å². The Kier molecular flexibility index (Phi) is 61.2. The summed E-state index contributed by atoms with van der Waals surface area (Å²) in [6.45, 7) is 6.61. The van der Waals surface area contributed by atoms with Gasteiger partial charge in [-0.15, -0.1) is 0 Å². The van der Waals surface area contributed by atoms with E-state index in [1.54, 1.807) is 0 Å². The molecule has 0 aromatic carbocycles. The van der Waals surface area contributed by atoms with E-state index < -0.39 is 6.10 Å². The van der Waals surface area contributed by atoms with E-state index in [0.717, 1.165) is 83.5 Å². The summed E-state index contributed by atoms with van der Waals surface area (Å²) >= 11 is 0. The van der Waals surface area contributed by atoms with Gasteiger partial charge in [-0.25, -0.2) is 0 Å². The van der Waals surface area contributed by atoms with Gasteiger partial charge in [0, 0.05) is 19.3 Å². The molecular formula is C69H124O6. The standard InChI is InChI=1S/C69H124O6/c1-4-7-10-13-16-19-21-23-25-27-29-30-31-32-33-34-35-36-37-38-40-41-43-45-47-50-53-56-59-62-68(71)74-65-66(64-73-67(70)61-58-55-52-49-18-15-12-9-6-3)75-69(72)63-60-57-54-51-48-46-44-42-39-28-26-24-22-20-17-14-11-8-5-2/h17,20-21,23-24,26-27,29,39,42,66H,4-16,18-19,22,25,28,30-38,40-41,43-65H2,1-3H3/b20-17-,23-21-,26-24-,29-27-,42-39-. The van der Waals surface area contributed by atoms with Crippen molar-refractivity contribution in [1.29, 1.82) is 0 Å². The average molecular weight is 1050 g/mol. The molecule has 436 valence electrons. The zero-order chi connectivity index (χ0) is 54.3. The molecule has 6 nitrogen and oxygen atoms in total. The van der Waals surface area contributed by atoms with E-state index in [1.165, 1.54) is 218 Å². The van der Waals surface area contributed by atoms with Crippen LogP contribution >= 0.6 is 0 Å². The Morgan fingerprint density at radius 1 is 0.267 bits per heavy atom. The second-order valence-corrected chi connectivity index (χ2v) is 22.0.